The maximum atomic E-state index is 11.6. The van der Waals surface area contributed by atoms with E-state index in [1.54, 1.807) is 24.3 Å². The van der Waals surface area contributed by atoms with Crippen LogP contribution < -0.4 is 11.1 Å². The lowest BCUT2D eigenvalue weighted by molar-refractivity contribution is -0.142. The van der Waals surface area contributed by atoms with E-state index < -0.39 is 17.9 Å². The van der Waals surface area contributed by atoms with Crippen molar-refractivity contribution < 1.29 is 19.8 Å². The Morgan fingerprint density at radius 1 is 1.28 bits per heavy atom. The van der Waals surface area contributed by atoms with Gasteiger partial charge < -0.3 is 21.3 Å². The summed E-state index contributed by atoms with van der Waals surface area (Å²) in [5.41, 5.74) is 6.86. The van der Waals surface area contributed by atoms with Crippen molar-refractivity contribution in [3.8, 4) is 0 Å². The molecule has 0 unspecified atom stereocenters. The van der Waals surface area contributed by atoms with Gasteiger partial charge in [-0.15, -0.1) is 0 Å². The van der Waals surface area contributed by atoms with E-state index in [9.17, 15) is 9.59 Å². The van der Waals surface area contributed by atoms with Gasteiger partial charge in [0.05, 0.1) is 6.42 Å². The van der Waals surface area contributed by atoms with Gasteiger partial charge in [-0.05, 0) is 17.7 Å². The maximum absolute atomic E-state index is 11.6. The third-order valence-corrected chi connectivity index (χ3v) is 2.40. The number of amides is 1. The second-order valence-corrected chi connectivity index (χ2v) is 3.89. The summed E-state index contributed by atoms with van der Waals surface area (Å²) in [7, 11) is 0. The molecule has 0 aliphatic rings. The normalized spacial score (nSPS) is 11.8. The van der Waals surface area contributed by atoms with E-state index in [-0.39, 0.29) is 19.4 Å². The van der Waals surface area contributed by atoms with Crippen LogP contribution >= 0.6 is 0 Å². The van der Waals surface area contributed by atoms with E-state index in [0.29, 0.717) is 5.69 Å². The lowest BCUT2D eigenvalue weighted by Crippen LogP contribution is -2.42. The minimum absolute atomic E-state index is 0.0111. The molecule has 5 N–H and O–H groups in total. The fourth-order valence-corrected chi connectivity index (χ4v) is 1.45. The van der Waals surface area contributed by atoms with Gasteiger partial charge in [0.2, 0.25) is 5.91 Å². The zero-order chi connectivity index (χ0) is 13.5. The maximum Gasteiger partial charge on any atom is 0.326 e. The van der Waals surface area contributed by atoms with Gasteiger partial charge in [0, 0.05) is 18.7 Å². The minimum Gasteiger partial charge on any atom is -0.480 e. The first-order valence-corrected chi connectivity index (χ1v) is 5.50. The number of benzene rings is 1. The molecule has 0 saturated heterocycles. The summed E-state index contributed by atoms with van der Waals surface area (Å²) in [5.74, 6) is -1.56. The number of nitrogens with two attached hydrogens (primary N) is 1. The van der Waals surface area contributed by atoms with Gasteiger partial charge >= 0.3 is 5.97 Å². The molecule has 1 aromatic carbocycles. The summed E-state index contributed by atoms with van der Waals surface area (Å²) in [6.45, 7) is -0.293. The number of hydrogen-bond acceptors (Lipinski definition) is 4. The number of carboxylic acid groups (broad SMARTS) is 1. The molecule has 98 valence electrons. The van der Waals surface area contributed by atoms with Gasteiger partial charge in [-0.25, -0.2) is 4.79 Å². The van der Waals surface area contributed by atoms with Crippen molar-refractivity contribution in [1.29, 1.82) is 0 Å². The van der Waals surface area contributed by atoms with Crippen LogP contribution in [0.5, 0.6) is 0 Å². The molecule has 6 nitrogen and oxygen atoms in total. The van der Waals surface area contributed by atoms with Gasteiger partial charge in [-0.3, -0.25) is 4.79 Å². The van der Waals surface area contributed by atoms with Crippen LogP contribution in [0.3, 0.4) is 0 Å². The first-order valence-electron chi connectivity index (χ1n) is 5.50. The molecule has 0 saturated carbocycles. The van der Waals surface area contributed by atoms with Crippen LogP contribution in [0.25, 0.3) is 0 Å². The van der Waals surface area contributed by atoms with Crippen molar-refractivity contribution in [2.24, 2.45) is 0 Å². The molecule has 1 amide bonds. The molecule has 1 aromatic rings. The van der Waals surface area contributed by atoms with Gasteiger partial charge in [-0.2, -0.15) is 0 Å². The van der Waals surface area contributed by atoms with Gasteiger partial charge in [-0.1, -0.05) is 12.1 Å². The lowest BCUT2D eigenvalue weighted by atomic mass is 10.1. The van der Waals surface area contributed by atoms with Gasteiger partial charge in [0.1, 0.15) is 6.04 Å². The number of nitrogen functional groups attached to an aromatic ring is 1. The summed E-state index contributed by atoms with van der Waals surface area (Å²) in [5, 5.41) is 19.9. The number of nitrogens with one attached hydrogen (secondary N) is 1. The molecule has 0 radical (unpaired) electrons. The number of rotatable bonds is 6. The number of carbonyl (C=O) groups excluding carboxylic acids is 1. The second kappa shape index (κ2) is 6.61. The van der Waals surface area contributed by atoms with Crippen molar-refractivity contribution in [3.63, 3.8) is 0 Å². The first kappa shape index (κ1) is 14.0. The molecule has 0 aromatic heterocycles. The Kier molecular flexibility index (Phi) is 5.13. The molecule has 0 heterocycles. The zero-order valence-electron chi connectivity index (χ0n) is 9.80. The number of carboxylic acids is 1. The predicted octanol–water partition coefficient (Wildman–Crippen LogP) is -0.237. The molecule has 6 heteroatoms. The highest BCUT2D eigenvalue weighted by Gasteiger charge is 2.18. The Balaban J connectivity index is 2.54. The summed E-state index contributed by atoms with van der Waals surface area (Å²) in [4.78, 5) is 22.4. The summed E-state index contributed by atoms with van der Waals surface area (Å²) in [6.07, 6.45) is 0.0678. The first-order chi connectivity index (χ1) is 8.52. The average molecular weight is 252 g/mol. The molecule has 1 atom stereocenters. The number of aliphatic hydroxyl groups is 1. The average Bonchev–Trinajstić information content (AvgIpc) is 2.31. The summed E-state index contributed by atoms with van der Waals surface area (Å²) >= 11 is 0. The minimum atomic E-state index is -1.16. The highest BCUT2D eigenvalue weighted by atomic mass is 16.4. The largest absolute Gasteiger partial charge is 0.480 e. The van der Waals surface area contributed by atoms with Crippen LogP contribution in [-0.2, 0) is 16.0 Å². The SMILES string of the molecule is Nc1ccc(CC(=O)N[C@@H](CCO)C(=O)O)cc1. The highest BCUT2D eigenvalue weighted by Crippen LogP contribution is 2.06. The molecule has 0 aliphatic heterocycles. The van der Waals surface area contributed by atoms with Crippen molar-refractivity contribution in [2.75, 3.05) is 12.3 Å². The molecule has 0 spiro atoms. The Morgan fingerprint density at radius 3 is 2.39 bits per heavy atom. The molecule has 0 fully saturated rings. The van der Waals surface area contributed by atoms with Crippen molar-refractivity contribution in [1.82, 2.24) is 5.32 Å². The fourth-order valence-electron chi connectivity index (χ4n) is 1.45. The van der Waals surface area contributed by atoms with Crippen LogP contribution in [-0.4, -0.2) is 34.7 Å². The van der Waals surface area contributed by atoms with E-state index in [0.717, 1.165) is 5.56 Å². The van der Waals surface area contributed by atoms with Crippen LogP contribution in [0.2, 0.25) is 0 Å². The summed E-state index contributed by atoms with van der Waals surface area (Å²) in [6, 6.07) is 5.69. The Bertz CT molecular complexity index is 417. The highest BCUT2D eigenvalue weighted by molar-refractivity contribution is 5.84. The van der Waals surface area contributed by atoms with Gasteiger partial charge in [0.25, 0.3) is 0 Å². The van der Waals surface area contributed by atoms with Gasteiger partial charge in [0.15, 0.2) is 0 Å². The molecule has 18 heavy (non-hydrogen) atoms. The van der Waals surface area contributed by atoms with E-state index in [2.05, 4.69) is 5.32 Å². The number of hydrogen-bond donors (Lipinski definition) is 4. The third-order valence-electron chi connectivity index (χ3n) is 2.40. The van der Waals surface area contributed by atoms with E-state index in [1.165, 1.54) is 0 Å². The zero-order valence-corrected chi connectivity index (χ0v) is 9.80. The van der Waals surface area contributed by atoms with Crippen molar-refractivity contribution in [2.45, 2.75) is 18.9 Å². The Morgan fingerprint density at radius 2 is 1.89 bits per heavy atom. The topological polar surface area (TPSA) is 113 Å². The second-order valence-electron chi connectivity index (χ2n) is 3.89. The Hall–Kier alpha value is -2.08. The van der Waals surface area contributed by atoms with E-state index in [4.69, 9.17) is 15.9 Å². The Labute approximate surface area is 104 Å². The monoisotopic (exact) mass is 252 g/mol. The third kappa shape index (κ3) is 4.42. The molecular weight excluding hydrogens is 236 g/mol. The number of aliphatic hydroxyl groups excluding tert-OH is 1. The van der Waals surface area contributed by atoms with Crippen molar-refractivity contribution >= 4 is 17.6 Å². The molecular formula is C12H16N2O4. The lowest BCUT2D eigenvalue weighted by Gasteiger charge is -2.13. The molecule has 1 rings (SSSR count). The van der Waals surface area contributed by atoms with Crippen molar-refractivity contribution in [3.05, 3.63) is 29.8 Å². The van der Waals surface area contributed by atoms with E-state index in [1.807, 2.05) is 0 Å². The number of aliphatic carboxylic acids is 1. The van der Waals surface area contributed by atoms with Crippen LogP contribution in [0.4, 0.5) is 5.69 Å². The fraction of sp³-hybridized carbons (Fsp3) is 0.333. The smallest absolute Gasteiger partial charge is 0.326 e. The number of anilines is 1. The predicted molar refractivity (Wildman–Crippen MR) is 65.8 cm³/mol. The van der Waals surface area contributed by atoms with Crippen LogP contribution in [0.15, 0.2) is 24.3 Å². The van der Waals surface area contributed by atoms with Crippen LogP contribution in [0, 0.1) is 0 Å². The molecule has 0 aliphatic carbocycles. The molecule has 0 bridgehead atoms. The van der Waals surface area contributed by atoms with Crippen LogP contribution in [0.1, 0.15) is 12.0 Å². The quantitative estimate of drug-likeness (QED) is 0.522. The standard InChI is InChI=1S/C12H16N2O4/c13-9-3-1-8(2-4-9)7-11(16)14-10(5-6-15)12(17)18/h1-4,10,15H,5-7,13H2,(H,14,16)(H,17,18)/t10-/m0/s1. The number of carbonyl (C=O) groups is 2. The van der Waals surface area contributed by atoms with E-state index >= 15 is 0 Å². The summed E-state index contributed by atoms with van der Waals surface area (Å²) < 4.78 is 0.